The minimum Gasteiger partial charge on any atom is -0.277 e. The van der Waals surface area contributed by atoms with Crippen molar-refractivity contribution in [3.05, 3.63) is 18.3 Å². The van der Waals surface area contributed by atoms with E-state index < -0.39 is 0 Å². The summed E-state index contributed by atoms with van der Waals surface area (Å²) in [6, 6.07) is 4.38. The van der Waals surface area contributed by atoms with Crippen LogP contribution < -0.4 is 4.84 Å². The summed E-state index contributed by atoms with van der Waals surface area (Å²) in [5.74, 6) is 0. The number of pyridine rings is 1. The third kappa shape index (κ3) is 2.64. The number of aromatic nitrogens is 4. The second kappa shape index (κ2) is 5.64. The van der Waals surface area contributed by atoms with Gasteiger partial charge in [0.2, 0.25) is 5.65 Å². The van der Waals surface area contributed by atoms with Crippen molar-refractivity contribution in [2.24, 2.45) is 0 Å². The van der Waals surface area contributed by atoms with Crippen molar-refractivity contribution in [1.29, 1.82) is 0 Å². The highest BCUT2D eigenvalue weighted by Gasteiger charge is 2.21. The van der Waals surface area contributed by atoms with Gasteiger partial charge in [0.15, 0.2) is 0 Å². The molecule has 0 aliphatic carbocycles. The summed E-state index contributed by atoms with van der Waals surface area (Å²) in [7, 11) is 3.93. The van der Waals surface area contributed by atoms with E-state index in [9.17, 15) is 0 Å². The number of nitrogens with zero attached hydrogens (tertiary/aromatic N) is 6. The fourth-order valence-corrected chi connectivity index (χ4v) is 1.59. The molecule has 7 heteroatoms. The Hall–Kier alpha value is -2.18. The van der Waals surface area contributed by atoms with Gasteiger partial charge in [-0.25, -0.2) is 14.5 Å². The van der Waals surface area contributed by atoms with Crippen LogP contribution in [0.2, 0.25) is 0 Å². The van der Waals surface area contributed by atoms with E-state index in [-0.39, 0.29) is 0 Å². The smallest absolute Gasteiger partial charge is 0.277 e. The average Bonchev–Trinajstić information content (AvgIpc) is 2.86. The van der Waals surface area contributed by atoms with E-state index in [0.717, 1.165) is 13.1 Å². The largest absolute Gasteiger partial charge is 0.472 e. The Morgan fingerprint density at radius 1 is 1.47 bits per heavy atom. The van der Waals surface area contributed by atoms with Crippen molar-refractivity contribution in [1.82, 2.24) is 25.0 Å². The highest BCUT2D eigenvalue weighted by molar-refractivity contribution is 5.72. The summed E-state index contributed by atoms with van der Waals surface area (Å²) in [6.45, 7) is 5.79. The summed E-state index contributed by atoms with van der Waals surface area (Å²) in [4.78, 5) is 13.4. The molecule has 2 aromatic rings. The molecule has 0 aliphatic heterocycles. The summed E-state index contributed by atoms with van der Waals surface area (Å²) in [5, 5.41) is 7.99. The Balaban J connectivity index is 2.37. The van der Waals surface area contributed by atoms with Crippen LogP contribution in [0.15, 0.2) is 18.3 Å². The van der Waals surface area contributed by atoms with Gasteiger partial charge in [0.1, 0.15) is 5.52 Å². The van der Waals surface area contributed by atoms with Gasteiger partial charge in [-0.2, -0.15) is 0 Å². The average molecular weight is 263 g/mol. The predicted molar refractivity (Wildman–Crippen MR) is 71.9 cm³/mol. The van der Waals surface area contributed by atoms with Crippen LogP contribution in [0, 0.1) is 0 Å². The van der Waals surface area contributed by atoms with Gasteiger partial charge < -0.3 is 0 Å². The van der Waals surface area contributed by atoms with Crippen LogP contribution in [-0.4, -0.2) is 62.8 Å². The lowest BCUT2D eigenvalue weighted by Crippen LogP contribution is -2.42. The first-order chi connectivity index (χ1) is 9.17. The summed E-state index contributed by atoms with van der Waals surface area (Å²) >= 11 is 0. The Kier molecular flexibility index (Phi) is 3.94. The molecule has 0 saturated heterocycles. The standard InChI is InChI=1S/C12H19N6O/c1-5-16(3)12(17(4)6-2)19-18-11-10(14-15-18)8-7-9-13-11/h7-9H,5-6H2,1-4H3/q+1. The lowest BCUT2D eigenvalue weighted by molar-refractivity contribution is -0.508. The minimum atomic E-state index is 0.606. The first kappa shape index (κ1) is 13.3. The van der Waals surface area contributed by atoms with Gasteiger partial charge in [0.25, 0.3) is 0 Å². The minimum absolute atomic E-state index is 0.606. The lowest BCUT2D eigenvalue weighted by atomic mass is 10.4. The van der Waals surface area contributed by atoms with Crippen LogP contribution >= 0.6 is 0 Å². The first-order valence-electron chi connectivity index (χ1n) is 6.31. The second-order valence-corrected chi connectivity index (χ2v) is 4.21. The summed E-state index contributed by atoms with van der Waals surface area (Å²) in [5.41, 5.74) is 1.31. The van der Waals surface area contributed by atoms with Crippen LogP contribution in [0.5, 0.6) is 0 Å². The molecule has 0 aromatic carbocycles. The highest BCUT2D eigenvalue weighted by Crippen LogP contribution is 2.04. The molecular formula is C12H19N6O+. The van der Waals surface area contributed by atoms with Crippen LogP contribution in [0.25, 0.3) is 11.2 Å². The Morgan fingerprint density at radius 2 is 2.26 bits per heavy atom. The van der Waals surface area contributed by atoms with Crippen molar-refractivity contribution in [3.63, 3.8) is 0 Å². The van der Waals surface area contributed by atoms with E-state index in [2.05, 4.69) is 29.1 Å². The van der Waals surface area contributed by atoms with Crippen LogP contribution in [0.1, 0.15) is 13.8 Å². The molecule has 19 heavy (non-hydrogen) atoms. The van der Waals surface area contributed by atoms with Gasteiger partial charge in [0, 0.05) is 6.20 Å². The molecule has 0 amide bonds. The molecule has 0 aliphatic rings. The Morgan fingerprint density at radius 3 is 2.95 bits per heavy atom. The molecule has 0 bridgehead atoms. The first-order valence-corrected chi connectivity index (χ1v) is 6.31. The zero-order valence-electron chi connectivity index (χ0n) is 11.7. The van der Waals surface area contributed by atoms with E-state index in [1.54, 1.807) is 6.20 Å². The fraction of sp³-hybridized carbons (Fsp3) is 0.500. The third-order valence-electron chi connectivity index (χ3n) is 2.95. The van der Waals surface area contributed by atoms with Gasteiger partial charge in [-0.05, 0) is 36.0 Å². The Labute approximate surface area is 112 Å². The molecule has 7 nitrogen and oxygen atoms in total. The van der Waals surface area contributed by atoms with Crippen LogP contribution in [0.4, 0.5) is 0 Å². The van der Waals surface area contributed by atoms with Gasteiger partial charge in [-0.3, -0.25) is 4.84 Å². The molecule has 102 valence electrons. The quantitative estimate of drug-likeness (QED) is 0.450. The van der Waals surface area contributed by atoms with Crippen molar-refractivity contribution in [3.8, 4) is 0 Å². The van der Waals surface area contributed by atoms with Gasteiger partial charge >= 0.3 is 6.02 Å². The molecule has 0 saturated carbocycles. The van der Waals surface area contributed by atoms with Gasteiger partial charge in [0.05, 0.1) is 27.2 Å². The molecule has 0 fully saturated rings. The molecule has 2 rings (SSSR count). The van der Waals surface area contributed by atoms with Crippen LogP contribution in [0.3, 0.4) is 0 Å². The van der Waals surface area contributed by atoms with Crippen LogP contribution in [-0.2, 0) is 0 Å². The van der Waals surface area contributed by atoms with E-state index in [1.807, 2.05) is 35.7 Å². The maximum Gasteiger partial charge on any atom is 0.472 e. The molecule has 0 spiro atoms. The summed E-state index contributed by atoms with van der Waals surface area (Å²) in [6.07, 6.45) is 1.69. The fourth-order valence-electron chi connectivity index (χ4n) is 1.59. The van der Waals surface area contributed by atoms with E-state index >= 15 is 0 Å². The molecule has 0 N–H and O–H groups in total. The summed E-state index contributed by atoms with van der Waals surface area (Å²) < 4.78 is 2.00. The molecule has 2 heterocycles. The van der Waals surface area contributed by atoms with E-state index in [4.69, 9.17) is 4.84 Å². The lowest BCUT2D eigenvalue weighted by Gasteiger charge is -2.13. The third-order valence-corrected chi connectivity index (χ3v) is 2.95. The zero-order chi connectivity index (χ0) is 13.8. The molecule has 0 radical (unpaired) electrons. The SMILES string of the molecule is CCN(C)C(On1nnc2cccnc21)=[N+](C)CC. The van der Waals surface area contributed by atoms with E-state index in [0.29, 0.717) is 17.2 Å². The van der Waals surface area contributed by atoms with Crippen molar-refractivity contribution >= 4 is 17.2 Å². The number of hydrogen-bond donors (Lipinski definition) is 0. The van der Waals surface area contributed by atoms with Crippen molar-refractivity contribution < 1.29 is 9.41 Å². The van der Waals surface area contributed by atoms with Gasteiger partial charge in [-0.15, -0.1) is 5.10 Å². The number of amidine groups is 1. The molecular weight excluding hydrogens is 244 g/mol. The highest BCUT2D eigenvalue weighted by atomic mass is 16.7. The Bertz CT molecular complexity index is 591. The number of fused-ring (bicyclic) bond motifs is 1. The number of rotatable bonds is 3. The second-order valence-electron chi connectivity index (χ2n) is 4.21. The predicted octanol–water partition coefficient (Wildman–Crippen LogP) is 0.225. The topological polar surface area (TPSA) is 59.1 Å². The van der Waals surface area contributed by atoms with Crippen molar-refractivity contribution in [2.45, 2.75) is 13.8 Å². The molecule has 2 aromatic heterocycles. The van der Waals surface area contributed by atoms with Gasteiger partial charge in [-0.1, -0.05) is 0 Å². The monoisotopic (exact) mass is 263 g/mol. The van der Waals surface area contributed by atoms with Crippen molar-refractivity contribution in [2.75, 3.05) is 27.2 Å². The molecule has 0 atom stereocenters. The number of hydrogen-bond acceptors (Lipinski definition) is 4. The maximum atomic E-state index is 5.82. The zero-order valence-corrected chi connectivity index (χ0v) is 11.7. The maximum absolute atomic E-state index is 5.82. The molecule has 0 unspecified atom stereocenters. The van der Waals surface area contributed by atoms with E-state index in [1.165, 1.54) is 4.85 Å². The normalized spacial score (nSPS) is 12.4.